The summed E-state index contributed by atoms with van der Waals surface area (Å²) < 4.78 is 26.3. The van der Waals surface area contributed by atoms with Crippen molar-refractivity contribution in [3.05, 3.63) is 11.4 Å². The molecule has 0 unspecified atom stereocenters. The summed E-state index contributed by atoms with van der Waals surface area (Å²) in [6.45, 7) is 1.92. The van der Waals surface area contributed by atoms with Crippen LogP contribution in [0.4, 0.5) is 0 Å². The van der Waals surface area contributed by atoms with Crippen LogP contribution in [-0.4, -0.2) is 52.9 Å². The molecule has 0 aromatic carbocycles. The largest absolute Gasteiger partial charge is 0.528 e. The second-order valence-corrected chi connectivity index (χ2v) is 8.92. The molecular formula is C8H20O5Si2. The number of hydrogen-bond donors (Lipinski definition) is 0. The Morgan fingerprint density at radius 3 is 1.33 bits per heavy atom. The Morgan fingerprint density at radius 2 is 1.07 bits per heavy atom. The van der Waals surface area contributed by atoms with E-state index in [1.54, 1.807) is 41.2 Å². The van der Waals surface area contributed by atoms with Gasteiger partial charge in [0.05, 0.1) is 0 Å². The molecule has 0 N–H and O–H groups in total. The third-order valence-corrected chi connectivity index (χ3v) is 7.26. The van der Waals surface area contributed by atoms with E-state index in [2.05, 4.69) is 0 Å². The maximum Gasteiger partial charge on any atom is 0.528 e. The van der Waals surface area contributed by atoms with Crippen molar-refractivity contribution in [3.8, 4) is 0 Å². The first kappa shape index (κ1) is 15.0. The van der Waals surface area contributed by atoms with Gasteiger partial charge in [-0.15, -0.1) is 0 Å². The van der Waals surface area contributed by atoms with Gasteiger partial charge in [0.1, 0.15) is 0 Å². The average Bonchev–Trinajstić information content (AvgIpc) is 2.31. The van der Waals surface area contributed by atoms with Gasteiger partial charge in [0.15, 0.2) is 0 Å². The summed E-state index contributed by atoms with van der Waals surface area (Å²) in [4.78, 5) is 0. The third-order valence-electron chi connectivity index (χ3n) is 2.25. The van der Waals surface area contributed by atoms with Gasteiger partial charge in [-0.25, -0.2) is 0 Å². The second-order valence-electron chi connectivity index (χ2n) is 2.97. The lowest BCUT2D eigenvalue weighted by Gasteiger charge is -2.23. The highest BCUT2D eigenvalue weighted by atomic mass is 28.4. The minimum atomic E-state index is -2.67. The number of rotatable bonds is 7. The Hall–Kier alpha value is -0.0262. The van der Waals surface area contributed by atoms with Gasteiger partial charge in [-0.3, -0.25) is 0 Å². The molecule has 0 bridgehead atoms. The van der Waals surface area contributed by atoms with E-state index in [1.807, 2.05) is 12.2 Å². The molecule has 0 atom stereocenters. The molecule has 90 valence electrons. The van der Waals surface area contributed by atoms with E-state index < -0.39 is 17.4 Å². The van der Waals surface area contributed by atoms with Crippen LogP contribution in [0, 0.1) is 0 Å². The van der Waals surface area contributed by atoms with Gasteiger partial charge in [-0.1, -0.05) is 0 Å². The molecule has 0 rings (SSSR count). The fraction of sp³-hybridized carbons (Fsp3) is 0.750. The van der Waals surface area contributed by atoms with Crippen LogP contribution < -0.4 is 0 Å². The van der Waals surface area contributed by atoms with Gasteiger partial charge in [-0.2, -0.15) is 0 Å². The van der Waals surface area contributed by atoms with E-state index in [4.69, 9.17) is 22.1 Å². The molecule has 0 aromatic heterocycles. The van der Waals surface area contributed by atoms with Crippen LogP contribution >= 0.6 is 0 Å². The molecule has 0 aliphatic carbocycles. The highest BCUT2D eigenvalue weighted by Crippen LogP contribution is 2.12. The highest BCUT2D eigenvalue weighted by molar-refractivity contribution is 6.75. The summed E-state index contributed by atoms with van der Waals surface area (Å²) >= 11 is 0. The Kier molecular flexibility index (Phi) is 6.52. The minimum Gasteiger partial charge on any atom is -0.395 e. The fourth-order valence-corrected chi connectivity index (χ4v) is 4.30. The second kappa shape index (κ2) is 6.53. The zero-order chi connectivity index (χ0) is 11.9. The molecule has 0 aliphatic heterocycles. The summed E-state index contributed by atoms with van der Waals surface area (Å²) in [5.41, 5.74) is 3.64. The van der Waals surface area contributed by atoms with E-state index in [0.29, 0.717) is 0 Å². The monoisotopic (exact) mass is 252 g/mol. The van der Waals surface area contributed by atoms with Crippen molar-refractivity contribution in [2.75, 3.05) is 35.5 Å². The van der Waals surface area contributed by atoms with Crippen molar-refractivity contribution < 1.29 is 22.1 Å². The van der Waals surface area contributed by atoms with Gasteiger partial charge in [0.25, 0.3) is 0 Å². The van der Waals surface area contributed by atoms with Crippen molar-refractivity contribution in [3.63, 3.8) is 0 Å². The first-order valence-electron chi connectivity index (χ1n) is 4.47. The van der Waals surface area contributed by atoms with E-state index in [9.17, 15) is 0 Å². The Morgan fingerprint density at radius 1 is 0.667 bits per heavy atom. The van der Waals surface area contributed by atoms with E-state index in [0.717, 1.165) is 0 Å². The lowest BCUT2D eigenvalue weighted by molar-refractivity contribution is 0.138. The molecule has 5 nitrogen and oxygen atoms in total. The SMILES string of the molecule is CO[Si](C)(/C=C/[Si](OC)(OC)OC)OC. The first-order chi connectivity index (χ1) is 7.01. The Balaban J connectivity index is 4.72. The first-order valence-corrected chi connectivity index (χ1v) is 8.67. The predicted molar refractivity (Wildman–Crippen MR) is 61.6 cm³/mol. The third kappa shape index (κ3) is 4.15. The quantitative estimate of drug-likeness (QED) is 0.629. The number of hydrogen-bond acceptors (Lipinski definition) is 5. The molecule has 0 saturated heterocycles. The van der Waals surface area contributed by atoms with Crippen molar-refractivity contribution >= 4 is 17.4 Å². The maximum absolute atomic E-state index is 5.30. The standard InChI is InChI=1S/C8H20O5Si2/c1-9-14(6,10-2)7-8-15(11-3,12-4)13-5/h7-8H,1-6H3/b8-7+. The van der Waals surface area contributed by atoms with E-state index in [1.165, 1.54) is 0 Å². The van der Waals surface area contributed by atoms with E-state index in [-0.39, 0.29) is 0 Å². The fourth-order valence-electron chi connectivity index (χ4n) is 0.927. The summed E-state index contributed by atoms with van der Waals surface area (Å²) in [6, 6.07) is 0. The molecule has 0 radical (unpaired) electrons. The lowest BCUT2D eigenvalue weighted by atomic mass is 11.2. The molecule has 0 amide bonds. The van der Waals surface area contributed by atoms with Crippen LogP contribution in [0.3, 0.4) is 0 Å². The molecular weight excluding hydrogens is 232 g/mol. The lowest BCUT2D eigenvalue weighted by Crippen LogP contribution is -2.43. The predicted octanol–water partition coefficient (Wildman–Crippen LogP) is 0.864. The van der Waals surface area contributed by atoms with Gasteiger partial charge in [0.2, 0.25) is 0 Å². The Bertz CT molecular complexity index is 193. The summed E-state index contributed by atoms with van der Waals surface area (Å²) in [7, 11) is 3.01. The average molecular weight is 252 g/mol. The highest BCUT2D eigenvalue weighted by Gasteiger charge is 2.37. The van der Waals surface area contributed by atoms with Crippen LogP contribution in [0.25, 0.3) is 0 Å². The van der Waals surface area contributed by atoms with Crippen molar-refractivity contribution in [2.24, 2.45) is 0 Å². The molecule has 0 aliphatic rings. The van der Waals surface area contributed by atoms with Crippen LogP contribution in [0.15, 0.2) is 11.4 Å². The van der Waals surface area contributed by atoms with Gasteiger partial charge < -0.3 is 22.1 Å². The molecule has 0 fully saturated rings. The van der Waals surface area contributed by atoms with Crippen LogP contribution in [0.2, 0.25) is 6.55 Å². The summed E-state index contributed by atoms with van der Waals surface area (Å²) in [5, 5.41) is 0. The van der Waals surface area contributed by atoms with Crippen molar-refractivity contribution in [1.82, 2.24) is 0 Å². The summed E-state index contributed by atoms with van der Waals surface area (Å²) in [5.74, 6) is 0. The van der Waals surface area contributed by atoms with Gasteiger partial charge in [0, 0.05) is 35.5 Å². The van der Waals surface area contributed by atoms with Crippen molar-refractivity contribution in [2.45, 2.75) is 6.55 Å². The van der Waals surface area contributed by atoms with E-state index >= 15 is 0 Å². The molecule has 0 saturated carbocycles. The van der Waals surface area contributed by atoms with Crippen molar-refractivity contribution in [1.29, 1.82) is 0 Å². The zero-order valence-electron chi connectivity index (χ0n) is 10.2. The zero-order valence-corrected chi connectivity index (χ0v) is 12.2. The smallest absolute Gasteiger partial charge is 0.395 e. The van der Waals surface area contributed by atoms with Gasteiger partial charge >= 0.3 is 17.4 Å². The molecule has 0 heterocycles. The van der Waals surface area contributed by atoms with Crippen LogP contribution in [-0.2, 0) is 22.1 Å². The maximum atomic E-state index is 5.30. The molecule has 7 heteroatoms. The van der Waals surface area contributed by atoms with Crippen LogP contribution in [0.5, 0.6) is 0 Å². The summed E-state index contributed by atoms with van der Waals surface area (Å²) in [6.07, 6.45) is 0. The normalized spacial score (nSPS) is 13.7. The molecule has 15 heavy (non-hydrogen) atoms. The molecule has 0 aromatic rings. The van der Waals surface area contributed by atoms with Crippen LogP contribution in [0.1, 0.15) is 0 Å². The minimum absolute atomic E-state index is 1.56. The molecule has 0 spiro atoms. The Labute approximate surface area is 93.6 Å². The van der Waals surface area contributed by atoms with Gasteiger partial charge in [-0.05, 0) is 17.9 Å². The topological polar surface area (TPSA) is 46.2 Å².